The van der Waals surface area contributed by atoms with E-state index in [9.17, 15) is 9.59 Å². The number of carbonyl (C=O) groups is 1. The molecule has 11 heteroatoms. The van der Waals surface area contributed by atoms with Crippen LogP contribution in [0.15, 0.2) is 118 Å². The number of aromatic nitrogens is 1. The molecule has 0 fully saturated rings. The number of fused-ring (bicyclic) bond motifs is 12. The standard InChI is InChI=1S/C63H69N3O8/c1-7-27-70-59-41-16-13-17-42(59)33-44-19-15-21-46(61(44)72-29-9-3)35-48-37-49(36-47(62(48)73-30-10-4)34-45-20-14-18-43(32-41)60(45)71-28-8-2)63(68)64-26-31-69-51-23-24-52-53(39-51)58-57(40-55(52)67)74-56-38-50(66(11-5)12-6)22-25-54(56)65-58/h13-25,36-40H,7-12,26-35H2,1-6H3,(H,64,68). The van der Waals surface area contributed by atoms with E-state index in [-0.39, 0.29) is 24.5 Å². The van der Waals surface area contributed by atoms with E-state index in [1.54, 1.807) is 12.1 Å². The van der Waals surface area contributed by atoms with Gasteiger partial charge in [0.15, 0.2) is 16.8 Å². The molecule has 3 aliphatic rings. The zero-order valence-electron chi connectivity index (χ0n) is 43.9. The van der Waals surface area contributed by atoms with Crippen LogP contribution in [0.1, 0.15) is 122 Å². The number of ether oxygens (including phenoxy) is 5. The van der Waals surface area contributed by atoms with E-state index in [1.165, 1.54) is 6.07 Å². The van der Waals surface area contributed by atoms with Crippen LogP contribution in [-0.2, 0) is 25.7 Å². The molecule has 0 atom stereocenters. The third-order valence-corrected chi connectivity index (χ3v) is 13.6. The summed E-state index contributed by atoms with van der Waals surface area (Å²) < 4.78 is 39.3. The predicted molar refractivity (Wildman–Crippen MR) is 296 cm³/mol. The van der Waals surface area contributed by atoms with E-state index in [0.29, 0.717) is 96.8 Å². The number of benzene rings is 7. The second-order valence-electron chi connectivity index (χ2n) is 19.0. The van der Waals surface area contributed by atoms with E-state index in [0.717, 1.165) is 112 Å². The Bertz CT molecular complexity index is 3180. The summed E-state index contributed by atoms with van der Waals surface area (Å²) in [6, 6.07) is 36.0. The van der Waals surface area contributed by atoms with Crippen LogP contribution in [0.25, 0.3) is 33.3 Å². The maximum absolute atomic E-state index is 14.5. The fourth-order valence-corrected chi connectivity index (χ4v) is 10.0. The van der Waals surface area contributed by atoms with Crippen molar-refractivity contribution in [2.75, 3.05) is 57.6 Å². The lowest BCUT2D eigenvalue weighted by Crippen LogP contribution is -2.28. The summed E-state index contributed by atoms with van der Waals surface area (Å²) in [4.78, 5) is 35.0. The first-order valence-electron chi connectivity index (χ1n) is 26.7. The van der Waals surface area contributed by atoms with Gasteiger partial charge >= 0.3 is 0 Å². The Morgan fingerprint density at radius 1 is 0.541 bits per heavy atom. The molecule has 0 unspecified atom stereocenters. The quantitative estimate of drug-likeness (QED) is 0.0449. The number of nitrogens with one attached hydrogen (secondary N) is 1. The van der Waals surface area contributed by atoms with Crippen molar-refractivity contribution in [2.45, 2.75) is 92.9 Å². The Hall–Kier alpha value is -7.53. The summed E-state index contributed by atoms with van der Waals surface area (Å²) in [5.74, 6) is 4.09. The normalized spacial score (nSPS) is 12.2. The fourth-order valence-electron chi connectivity index (χ4n) is 10.0. The smallest absolute Gasteiger partial charge is 0.251 e. The van der Waals surface area contributed by atoms with Gasteiger partial charge in [0.25, 0.3) is 5.91 Å². The minimum absolute atomic E-state index is 0.161. The third-order valence-electron chi connectivity index (χ3n) is 13.6. The van der Waals surface area contributed by atoms with Crippen LogP contribution in [0.3, 0.4) is 0 Å². The molecule has 1 N–H and O–H groups in total. The van der Waals surface area contributed by atoms with Gasteiger partial charge < -0.3 is 38.3 Å². The Kier molecular flexibility index (Phi) is 16.7. The van der Waals surface area contributed by atoms with E-state index >= 15 is 0 Å². The first-order chi connectivity index (χ1) is 36.2. The molecule has 11 nitrogen and oxygen atoms in total. The molecule has 0 spiro atoms. The molecular weight excluding hydrogens is 927 g/mol. The number of anilines is 1. The lowest BCUT2D eigenvalue weighted by Gasteiger charge is -2.23. The first-order valence-corrected chi connectivity index (χ1v) is 26.7. The summed E-state index contributed by atoms with van der Waals surface area (Å²) in [5.41, 5.74) is 11.4. The van der Waals surface area contributed by atoms with Crippen LogP contribution in [0.4, 0.5) is 5.69 Å². The van der Waals surface area contributed by atoms with Gasteiger partial charge in [0, 0.05) is 72.9 Å². The van der Waals surface area contributed by atoms with Crippen LogP contribution in [0.2, 0.25) is 0 Å². The molecular formula is C63H69N3O8. The lowest BCUT2D eigenvalue weighted by atomic mass is 9.90. The molecule has 6 aromatic carbocycles. The van der Waals surface area contributed by atoms with Crippen molar-refractivity contribution in [3.05, 3.63) is 169 Å². The average molecular weight is 996 g/mol. The van der Waals surface area contributed by atoms with Crippen LogP contribution in [0, 0.1) is 0 Å². The Morgan fingerprint density at radius 3 is 1.51 bits per heavy atom. The molecule has 0 radical (unpaired) electrons. The largest absolute Gasteiger partial charge is 0.493 e. The molecule has 74 heavy (non-hydrogen) atoms. The van der Waals surface area contributed by atoms with Gasteiger partial charge in [-0.25, -0.2) is 4.98 Å². The van der Waals surface area contributed by atoms with Gasteiger partial charge in [-0.2, -0.15) is 0 Å². The summed E-state index contributed by atoms with van der Waals surface area (Å²) in [6.07, 6.45) is 5.58. The second-order valence-corrected chi connectivity index (χ2v) is 19.0. The van der Waals surface area contributed by atoms with Gasteiger partial charge in [0.1, 0.15) is 46.6 Å². The number of hydrogen-bond acceptors (Lipinski definition) is 10. The number of nitrogens with zero attached hydrogens (tertiary/aromatic N) is 2. The molecule has 6 aromatic rings. The number of para-hydroxylation sites is 3. The van der Waals surface area contributed by atoms with Gasteiger partial charge in [-0.05, 0) is 127 Å². The molecule has 384 valence electrons. The van der Waals surface area contributed by atoms with Crippen molar-refractivity contribution in [1.82, 2.24) is 10.3 Å². The van der Waals surface area contributed by atoms with E-state index in [1.807, 2.05) is 36.4 Å². The molecule has 0 aromatic heterocycles. The first kappa shape index (κ1) is 51.4. The third kappa shape index (κ3) is 11.3. The van der Waals surface area contributed by atoms with Gasteiger partial charge in [-0.15, -0.1) is 0 Å². The summed E-state index contributed by atoms with van der Waals surface area (Å²) in [7, 11) is 0. The minimum atomic E-state index is -0.236. The van der Waals surface area contributed by atoms with Crippen molar-refractivity contribution >= 4 is 33.5 Å². The Balaban J connectivity index is 1.05. The van der Waals surface area contributed by atoms with Crippen molar-refractivity contribution in [3.63, 3.8) is 0 Å². The predicted octanol–water partition coefficient (Wildman–Crippen LogP) is 12.9. The Morgan fingerprint density at radius 2 is 1.03 bits per heavy atom. The maximum Gasteiger partial charge on any atom is 0.251 e. The highest BCUT2D eigenvalue weighted by molar-refractivity contribution is 5.98. The van der Waals surface area contributed by atoms with Crippen molar-refractivity contribution in [1.29, 1.82) is 0 Å². The van der Waals surface area contributed by atoms with Crippen molar-refractivity contribution in [2.24, 2.45) is 0 Å². The second kappa shape index (κ2) is 24.0. The molecule has 1 amide bonds. The SMILES string of the molecule is CCCOc1c2cccc1Cc1cccc(c1OCCC)Cc1cc(C(=O)NCCOc3ccc4c(=O)cc5oc6cc(N(CC)CC)ccc6nc-5c4c3)cc(c1OCCC)Cc1cccc(c1OCCC)C2. The molecule has 1 heterocycles. The summed E-state index contributed by atoms with van der Waals surface area (Å²) in [6.45, 7) is 17.1. The van der Waals surface area contributed by atoms with E-state index in [2.05, 4.69) is 106 Å². The van der Waals surface area contributed by atoms with Gasteiger partial charge in [0.05, 0.1) is 33.0 Å². The molecule has 2 aliphatic carbocycles. The minimum Gasteiger partial charge on any atom is -0.493 e. The highest BCUT2D eigenvalue weighted by atomic mass is 16.5. The average Bonchev–Trinajstić information content (AvgIpc) is 3.41. The zero-order chi connectivity index (χ0) is 51.6. The monoisotopic (exact) mass is 996 g/mol. The molecule has 0 saturated heterocycles. The van der Waals surface area contributed by atoms with Crippen molar-refractivity contribution in [3.8, 4) is 40.2 Å². The molecule has 9 rings (SSSR count). The number of rotatable bonds is 20. The summed E-state index contributed by atoms with van der Waals surface area (Å²) in [5, 5.41) is 4.30. The van der Waals surface area contributed by atoms with Crippen LogP contribution >= 0.6 is 0 Å². The Labute approximate surface area is 435 Å². The number of amides is 1. The summed E-state index contributed by atoms with van der Waals surface area (Å²) >= 11 is 0. The van der Waals surface area contributed by atoms with Gasteiger partial charge in [-0.3, -0.25) is 9.59 Å². The maximum atomic E-state index is 14.5. The zero-order valence-corrected chi connectivity index (χ0v) is 43.9. The molecule has 8 bridgehead atoms. The van der Waals surface area contributed by atoms with Gasteiger partial charge in [-0.1, -0.05) is 82.3 Å². The van der Waals surface area contributed by atoms with Crippen LogP contribution < -0.4 is 39.3 Å². The van der Waals surface area contributed by atoms with Crippen LogP contribution in [-0.4, -0.2) is 63.6 Å². The highest BCUT2D eigenvalue weighted by Crippen LogP contribution is 2.40. The fraction of sp³-hybridized carbons (Fsp3) is 0.349. The van der Waals surface area contributed by atoms with E-state index in [4.69, 9.17) is 33.1 Å². The lowest BCUT2D eigenvalue weighted by molar-refractivity contribution is 0.0946. The van der Waals surface area contributed by atoms with Crippen molar-refractivity contribution < 1.29 is 32.9 Å². The molecule has 1 aliphatic heterocycles. The number of carbonyl (C=O) groups excluding carboxylic acids is 1. The molecule has 0 saturated carbocycles. The topological polar surface area (TPSA) is 122 Å². The number of hydrogen-bond donors (Lipinski definition) is 1. The van der Waals surface area contributed by atoms with E-state index < -0.39 is 0 Å². The highest BCUT2D eigenvalue weighted by Gasteiger charge is 2.24. The van der Waals surface area contributed by atoms with Crippen LogP contribution in [0.5, 0.6) is 28.7 Å². The van der Waals surface area contributed by atoms with Gasteiger partial charge in [0.2, 0.25) is 0 Å².